The van der Waals surface area contributed by atoms with E-state index in [0.29, 0.717) is 5.69 Å². The molecule has 1 atom stereocenters. The molecular weight excluding hydrogens is 186 g/mol. The maximum absolute atomic E-state index is 11.0. The van der Waals surface area contributed by atoms with E-state index in [4.69, 9.17) is 10.8 Å². The number of nitrogens with two attached hydrogens (primary N) is 1. The molecule has 0 spiro atoms. The Hall–Kier alpha value is -1.69. The highest BCUT2D eigenvalue weighted by Crippen LogP contribution is 2.02. The van der Waals surface area contributed by atoms with Crippen molar-refractivity contribution in [2.24, 2.45) is 5.73 Å². The lowest BCUT2D eigenvalue weighted by molar-refractivity contribution is -0.138. The average Bonchev–Trinajstić information content (AvgIpc) is 2.52. The van der Waals surface area contributed by atoms with Crippen LogP contribution in [0.15, 0.2) is 12.5 Å². The molecule has 1 aromatic rings. The van der Waals surface area contributed by atoms with Crippen molar-refractivity contribution < 1.29 is 14.7 Å². The van der Waals surface area contributed by atoms with E-state index in [0.717, 1.165) is 0 Å². The standard InChI is InChI=1S/C8H11N3O3/c1-5(12)11-4-10-3-6(11)2-7(9)8(13)14/h3-4,7H,2,9H2,1H3,(H,13,14). The molecule has 0 aliphatic carbocycles. The molecule has 14 heavy (non-hydrogen) atoms. The summed E-state index contributed by atoms with van der Waals surface area (Å²) in [5.74, 6) is -1.31. The van der Waals surface area contributed by atoms with Crippen LogP contribution in [0.25, 0.3) is 0 Å². The van der Waals surface area contributed by atoms with Gasteiger partial charge in [-0.2, -0.15) is 0 Å². The van der Waals surface area contributed by atoms with Crippen molar-refractivity contribution in [1.82, 2.24) is 9.55 Å². The Kier molecular flexibility index (Phi) is 2.98. The van der Waals surface area contributed by atoms with Crippen molar-refractivity contribution in [2.75, 3.05) is 0 Å². The number of aromatic nitrogens is 2. The molecule has 1 heterocycles. The molecule has 1 rings (SSSR count). The van der Waals surface area contributed by atoms with Crippen molar-refractivity contribution in [1.29, 1.82) is 0 Å². The SMILES string of the molecule is CC(=O)n1cncc1CC(N)C(=O)O. The van der Waals surface area contributed by atoms with E-state index in [-0.39, 0.29) is 12.3 Å². The second-order valence-electron chi connectivity index (χ2n) is 2.92. The number of hydrogen-bond acceptors (Lipinski definition) is 4. The summed E-state index contributed by atoms with van der Waals surface area (Å²) in [6.07, 6.45) is 2.87. The van der Waals surface area contributed by atoms with Gasteiger partial charge < -0.3 is 10.8 Å². The third kappa shape index (κ3) is 2.17. The summed E-state index contributed by atoms with van der Waals surface area (Å²) >= 11 is 0. The Balaban J connectivity index is 2.81. The van der Waals surface area contributed by atoms with Gasteiger partial charge in [0.15, 0.2) is 0 Å². The van der Waals surface area contributed by atoms with Gasteiger partial charge in [-0.1, -0.05) is 0 Å². The van der Waals surface area contributed by atoms with E-state index in [9.17, 15) is 9.59 Å². The Morgan fingerprint density at radius 1 is 1.71 bits per heavy atom. The number of imidazole rings is 1. The molecule has 76 valence electrons. The Bertz CT molecular complexity index is 358. The van der Waals surface area contributed by atoms with Crippen LogP contribution in [0.1, 0.15) is 17.4 Å². The van der Waals surface area contributed by atoms with Crippen LogP contribution >= 0.6 is 0 Å². The number of rotatable bonds is 3. The zero-order valence-corrected chi connectivity index (χ0v) is 7.67. The van der Waals surface area contributed by atoms with E-state index in [2.05, 4.69) is 4.98 Å². The van der Waals surface area contributed by atoms with E-state index in [1.54, 1.807) is 0 Å². The first-order chi connectivity index (χ1) is 6.52. The lowest BCUT2D eigenvalue weighted by atomic mass is 10.2. The van der Waals surface area contributed by atoms with Crippen molar-refractivity contribution in [2.45, 2.75) is 19.4 Å². The van der Waals surface area contributed by atoms with Crippen LogP contribution < -0.4 is 5.73 Å². The van der Waals surface area contributed by atoms with Crippen molar-refractivity contribution >= 4 is 11.9 Å². The topological polar surface area (TPSA) is 98.2 Å². The largest absolute Gasteiger partial charge is 0.480 e. The van der Waals surface area contributed by atoms with Gasteiger partial charge in [-0.25, -0.2) is 4.98 Å². The third-order valence-electron chi connectivity index (χ3n) is 1.80. The molecule has 0 bridgehead atoms. The molecule has 0 aromatic carbocycles. The molecule has 0 aliphatic heterocycles. The van der Waals surface area contributed by atoms with E-state index < -0.39 is 12.0 Å². The average molecular weight is 197 g/mol. The molecule has 3 N–H and O–H groups in total. The molecule has 0 aliphatic rings. The molecule has 0 saturated carbocycles. The fourth-order valence-electron chi connectivity index (χ4n) is 1.07. The van der Waals surface area contributed by atoms with Gasteiger partial charge in [0.1, 0.15) is 12.4 Å². The predicted molar refractivity (Wildman–Crippen MR) is 47.8 cm³/mol. The number of carboxylic acids is 1. The monoisotopic (exact) mass is 197 g/mol. The zero-order chi connectivity index (χ0) is 10.7. The minimum atomic E-state index is -1.10. The predicted octanol–water partition coefficient (Wildman–Crippen LogP) is -0.502. The smallest absolute Gasteiger partial charge is 0.320 e. The number of aliphatic carboxylic acids is 1. The molecule has 1 aromatic heterocycles. The van der Waals surface area contributed by atoms with Crippen LogP contribution in [-0.4, -0.2) is 32.6 Å². The maximum atomic E-state index is 11.0. The minimum Gasteiger partial charge on any atom is -0.480 e. The molecule has 6 heteroatoms. The van der Waals surface area contributed by atoms with Gasteiger partial charge in [-0.3, -0.25) is 14.2 Å². The highest BCUT2D eigenvalue weighted by Gasteiger charge is 2.15. The van der Waals surface area contributed by atoms with Gasteiger partial charge in [-0.05, 0) is 0 Å². The first-order valence-electron chi connectivity index (χ1n) is 4.03. The first-order valence-corrected chi connectivity index (χ1v) is 4.03. The number of carbonyl (C=O) groups excluding carboxylic acids is 1. The van der Waals surface area contributed by atoms with Gasteiger partial charge in [0.25, 0.3) is 0 Å². The van der Waals surface area contributed by atoms with Crippen LogP contribution in [0.5, 0.6) is 0 Å². The zero-order valence-electron chi connectivity index (χ0n) is 7.67. The second-order valence-corrected chi connectivity index (χ2v) is 2.92. The fourth-order valence-corrected chi connectivity index (χ4v) is 1.07. The fraction of sp³-hybridized carbons (Fsp3) is 0.375. The Morgan fingerprint density at radius 2 is 2.36 bits per heavy atom. The Labute approximate surface area is 80.4 Å². The van der Waals surface area contributed by atoms with Crippen molar-refractivity contribution in [3.63, 3.8) is 0 Å². The molecule has 0 amide bonds. The normalized spacial score (nSPS) is 12.4. The molecule has 0 saturated heterocycles. The summed E-state index contributed by atoms with van der Waals surface area (Å²) in [7, 11) is 0. The summed E-state index contributed by atoms with van der Waals surface area (Å²) < 4.78 is 1.28. The minimum absolute atomic E-state index is 0.0922. The quantitative estimate of drug-likeness (QED) is 0.680. The first kappa shape index (κ1) is 10.4. The van der Waals surface area contributed by atoms with Crippen LogP contribution in [0.4, 0.5) is 0 Å². The van der Waals surface area contributed by atoms with Gasteiger partial charge in [0.05, 0.1) is 0 Å². The molecule has 1 unspecified atom stereocenters. The molecule has 6 nitrogen and oxygen atoms in total. The van der Waals surface area contributed by atoms with Gasteiger partial charge in [0, 0.05) is 25.2 Å². The Morgan fingerprint density at radius 3 is 2.86 bits per heavy atom. The molecule has 0 fully saturated rings. The van der Waals surface area contributed by atoms with Gasteiger partial charge >= 0.3 is 5.97 Å². The van der Waals surface area contributed by atoms with E-state index in [1.165, 1.54) is 24.0 Å². The lowest BCUT2D eigenvalue weighted by Gasteiger charge is -2.06. The van der Waals surface area contributed by atoms with Crippen LogP contribution in [0, 0.1) is 0 Å². The van der Waals surface area contributed by atoms with E-state index >= 15 is 0 Å². The molecule has 0 radical (unpaired) electrons. The summed E-state index contributed by atoms with van der Waals surface area (Å²) in [5, 5.41) is 8.57. The summed E-state index contributed by atoms with van der Waals surface area (Å²) in [6.45, 7) is 1.37. The number of hydrogen-bond donors (Lipinski definition) is 2. The van der Waals surface area contributed by atoms with Crippen molar-refractivity contribution in [3.05, 3.63) is 18.2 Å². The third-order valence-corrected chi connectivity index (χ3v) is 1.80. The second kappa shape index (κ2) is 4.01. The van der Waals surface area contributed by atoms with Crippen molar-refractivity contribution in [3.8, 4) is 0 Å². The highest BCUT2D eigenvalue weighted by atomic mass is 16.4. The highest BCUT2D eigenvalue weighted by molar-refractivity contribution is 5.77. The van der Waals surface area contributed by atoms with Gasteiger partial charge in [-0.15, -0.1) is 0 Å². The van der Waals surface area contributed by atoms with Crippen LogP contribution in [0.3, 0.4) is 0 Å². The summed E-state index contributed by atoms with van der Waals surface area (Å²) in [5.41, 5.74) is 5.83. The van der Waals surface area contributed by atoms with Crippen LogP contribution in [0.2, 0.25) is 0 Å². The van der Waals surface area contributed by atoms with Gasteiger partial charge in [0.2, 0.25) is 5.91 Å². The van der Waals surface area contributed by atoms with E-state index in [1.807, 2.05) is 0 Å². The number of nitrogens with zero attached hydrogens (tertiary/aromatic N) is 2. The number of carboxylic acid groups (broad SMARTS) is 1. The molecular formula is C8H11N3O3. The summed E-state index contributed by atoms with van der Waals surface area (Å²) in [6, 6.07) is -1.01. The van der Waals surface area contributed by atoms with Crippen LogP contribution in [-0.2, 0) is 11.2 Å². The maximum Gasteiger partial charge on any atom is 0.320 e. The number of carbonyl (C=O) groups is 2. The lowest BCUT2D eigenvalue weighted by Crippen LogP contribution is -2.33. The summed E-state index contributed by atoms with van der Waals surface area (Å²) in [4.78, 5) is 25.2.